The number of carboxylic acid groups (broad SMARTS) is 1. The maximum Gasteiger partial charge on any atom is 0.417 e. The molecule has 0 aliphatic heterocycles. The Bertz CT molecular complexity index is 1010. The first-order valence-electron chi connectivity index (χ1n) is 8.08. The van der Waals surface area contributed by atoms with Crippen molar-refractivity contribution in [2.45, 2.75) is 19.7 Å². The first-order valence-corrected chi connectivity index (χ1v) is 8.45. The highest BCUT2D eigenvalue weighted by atomic mass is 35.5. The normalized spacial score (nSPS) is 11.5. The van der Waals surface area contributed by atoms with Gasteiger partial charge in [-0.15, -0.1) is 0 Å². The van der Waals surface area contributed by atoms with E-state index >= 15 is 0 Å². The maximum atomic E-state index is 13.3. The summed E-state index contributed by atoms with van der Waals surface area (Å²) in [7, 11) is 0. The number of rotatable bonds is 5. The first kappa shape index (κ1) is 19.8. The minimum absolute atomic E-state index is 0.00670. The molecule has 0 bridgehead atoms. The highest BCUT2D eigenvalue weighted by Crippen LogP contribution is 2.39. The van der Waals surface area contributed by atoms with Crippen molar-refractivity contribution in [1.82, 2.24) is 0 Å². The standard InChI is InChI=1S/C20H14ClF3O4/c1-11-13(8-18(28-11)19(25)26)10-27-15-5-2-12(3-6-15)16-7-4-14(21)9-17(16)20(22,23)24/h2-9H,10H2,1H3,(H,25,26). The summed E-state index contributed by atoms with van der Waals surface area (Å²) in [4.78, 5) is 10.9. The topological polar surface area (TPSA) is 59.7 Å². The van der Waals surface area contributed by atoms with E-state index in [1.165, 1.54) is 42.5 Å². The summed E-state index contributed by atoms with van der Waals surface area (Å²) in [5.74, 6) is -0.523. The van der Waals surface area contributed by atoms with Gasteiger partial charge in [0.2, 0.25) is 5.76 Å². The van der Waals surface area contributed by atoms with E-state index in [4.69, 9.17) is 25.9 Å². The molecule has 3 rings (SSSR count). The third-order valence-electron chi connectivity index (χ3n) is 4.08. The lowest BCUT2D eigenvalue weighted by atomic mass is 9.99. The van der Waals surface area contributed by atoms with E-state index in [2.05, 4.69) is 0 Å². The van der Waals surface area contributed by atoms with Crippen molar-refractivity contribution in [3.63, 3.8) is 0 Å². The minimum atomic E-state index is -4.53. The van der Waals surface area contributed by atoms with Crippen LogP contribution < -0.4 is 4.74 Å². The molecule has 0 atom stereocenters. The molecule has 0 aliphatic carbocycles. The summed E-state index contributed by atoms with van der Waals surface area (Å²) in [5, 5.41) is 8.93. The van der Waals surface area contributed by atoms with E-state index < -0.39 is 17.7 Å². The molecule has 0 radical (unpaired) electrons. The number of ether oxygens (including phenoxy) is 1. The summed E-state index contributed by atoms with van der Waals surface area (Å²) >= 11 is 5.70. The van der Waals surface area contributed by atoms with Gasteiger partial charge >= 0.3 is 12.1 Å². The molecule has 0 unspecified atom stereocenters. The molecule has 1 N–H and O–H groups in total. The van der Waals surface area contributed by atoms with Crippen LogP contribution in [0.3, 0.4) is 0 Å². The molecule has 4 nitrogen and oxygen atoms in total. The number of carbonyl (C=O) groups is 1. The van der Waals surface area contributed by atoms with E-state index in [1.54, 1.807) is 6.92 Å². The summed E-state index contributed by atoms with van der Waals surface area (Å²) in [6.45, 7) is 1.68. The van der Waals surface area contributed by atoms with E-state index in [1.807, 2.05) is 0 Å². The van der Waals surface area contributed by atoms with Gasteiger partial charge in [-0.05, 0) is 48.4 Å². The zero-order valence-electron chi connectivity index (χ0n) is 14.5. The SMILES string of the molecule is Cc1oc(C(=O)O)cc1COc1ccc(-c2ccc(Cl)cc2C(F)(F)F)cc1. The Labute approximate surface area is 163 Å². The molecule has 0 spiro atoms. The number of alkyl halides is 3. The lowest BCUT2D eigenvalue weighted by Gasteiger charge is -2.14. The van der Waals surface area contributed by atoms with E-state index in [0.717, 1.165) is 6.07 Å². The molecule has 1 aromatic heterocycles. The summed E-state index contributed by atoms with van der Waals surface area (Å²) in [6, 6.07) is 11.1. The van der Waals surface area contributed by atoms with Gasteiger partial charge in [0.25, 0.3) is 0 Å². The van der Waals surface area contributed by atoms with Crippen LogP contribution in [-0.2, 0) is 12.8 Å². The third kappa shape index (κ3) is 4.31. The fraction of sp³-hybridized carbons (Fsp3) is 0.150. The van der Waals surface area contributed by atoms with Crippen molar-refractivity contribution in [1.29, 1.82) is 0 Å². The Morgan fingerprint density at radius 3 is 2.39 bits per heavy atom. The quantitative estimate of drug-likeness (QED) is 0.543. The maximum absolute atomic E-state index is 13.3. The molecular weight excluding hydrogens is 397 g/mol. The lowest BCUT2D eigenvalue weighted by molar-refractivity contribution is -0.137. The predicted octanol–water partition coefficient (Wildman–Crippen LogP) is 6.20. The second kappa shape index (κ2) is 7.59. The van der Waals surface area contributed by atoms with Crippen LogP contribution in [0.5, 0.6) is 5.75 Å². The van der Waals surface area contributed by atoms with Gasteiger partial charge in [0.1, 0.15) is 18.1 Å². The second-order valence-electron chi connectivity index (χ2n) is 6.00. The van der Waals surface area contributed by atoms with E-state index in [-0.39, 0.29) is 23.0 Å². The van der Waals surface area contributed by atoms with Crippen molar-refractivity contribution in [2.24, 2.45) is 0 Å². The van der Waals surface area contributed by atoms with Crippen molar-refractivity contribution >= 4 is 17.6 Å². The number of hydrogen-bond acceptors (Lipinski definition) is 3. The van der Waals surface area contributed by atoms with Gasteiger partial charge in [-0.2, -0.15) is 13.2 Å². The second-order valence-corrected chi connectivity index (χ2v) is 6.43. The Morgan fingerprint density at radius 2 is 1.82 bits per heavy atom. The van der Waals surface area contributed by atoms with Crippen molar-refractivity contribution in [3.05, 3.63) is 76.2 Å². The van der Waals surface area contributed by atoms with Gasteiger partial charge in [0.15, 0.2) is 0 Å². The van der Waals surface area contributed by atoms with Crippen LogP contribution in [0, 0.1) is 6.92 Å². The predicted molar refractivity (Wildman–Crippen MR) is 96.6 cm³/mol. The van der Waals surface area contributed by atoms with Crippen LogP contribution >= 0.6 is 11.6 Å². The summed E-state index contributed by atoms with van der Waals surface area (Å²) in [6.07, 6.45) is -4.53. The van der Waals surface area contributed by atoms with Gasteiger partial charge in [0.05, 0.1) is 5.56 Å². The van der Waals surface area contributed by atoms with Crippen molar-refractivity contribution < 1.29 is 32.2 Å². The third-order valence-corrected chi connectivity index (χ3v) is 4.31. The smallest absolute Gasteiger partial charge is 0.417 e. The number of aryl methyl sites for hydroxylation is 1. The zero-order chi connectivity index (χ0) is 20.5. The highest BCUT2D eigenvalue weighted by molar-refractivity contribution is 6.30. The van der Waals surface area contributed by atoms with Gasteiger partial charge < -0.3 is 14.3 Å². The van der Waals surface area contributed by atoms with Gasteiger partial charge in [0, 0.05) is 10.6 Å². The summed E-state index contributed by atoms with van der Waals surface area (Å²) < 4.78 is 50.5. The van der Waals surface area contributed by atoms with Crippen LogP contribution in [0.2, 0.25) is 5.02 Å². The molecule has 8 heteroatoms. The van der Waals surface area contributed by atoms with Gasteiger partial charge in [-0.1, -0.05) is 29.8 Å². The van der Waals surface area contributed by atoms with Crippen LogP contribution in [0.1, 0.15) is 27.4 Å². The molecule has 0 fully saturated rings. The average Bonchev–Trinajstić information content (AvgIpc) is 3.01. The highest BCUT2D eigenvalue weighted by Gasteiger charge is 2.33. The molecule has 0 aliphatic rings. The minimum Gasteiger partial charge on any atom is -0.489 e. The number of halogens is 4. The van der Waals surface area contributed by atoms with Crippen molar-refractivity contribution in [2.75, 3.05) is 0 Å². The number of aromatic carboxylic acids is 1. The van der Waals surface area contributed by atoms with Crippen molar-refractivity contribution in [3.8, 4) is 16.9 Å². The van der Waals surface area contributed by atoms with Gasteiger partial charge in [-0.25, -0.2) is 4.79 Å². The van der Waals surface area contributed by atoms with Crippen LogP contribution in [0.25, 0.3) is 11.1 Å². The molecule has 1 heterocycles. The van der Waals surface area contributed by atoms with Gasteiger partial charge in [-0.3, -0.25) is 0 Å². The molecule has 0 saturated carbocycles. The fourth-order valence-corrected chi connectivity index (χ4v) is 2.84. The lowest BCUT2D eigenvalue weighted by Crippen LogP contribution is -2.07. The molecular formula is C20H14ClF3O4. The largest absolute Gasteiger partial charge is 0.489 e. The Kier molecular flexibility index (Phi) is 5.38. The Hall–Kier alpha value is -2.93. The molecule has 146 valence electrons. The number of furan rings is 1. The molecule has 28 heavy (non-hydrogen) atoms. The monoisotopic (exact) mass is 410 g/mol. The molecule has 2 aromatic carbocycles. The fourth-order valence-electron chi connectivity index (χ4n) is 2.66. The number of hydrogen-bond donors (Lipinski definition) is 1. The summed E-state index contributed by atoms with van der Waals surface area (Å²) in [5.41, 5.74) is 0.131. The molecule has 3 aromatic rings. The first-order chi connectivity index (χ1) is 13.1. The van der Waals surface area contributed by atoms with E-state index in [0.29, 0.717) is 22.6 Å². The molecule has 0 saturated heterocycles. The van der Waals surface area contributed by atoms with Crippen LogP contribution in [-0.4, -0.2) is 11.1 Å². The number of carboxylic acids is 1. The number of benzene rings is 2. The zero-order valence-corrected chi connectivity index (χ0v) is 15.3. The van der Waals surface area contributed by atoms with Crippen LogP contribution in [0.4, 0.5) is 13.2 Å². The van der Waals surface area contributed by atoms with Crippen LogP contribution in [0.15, 0.2) is 52.9 Å². The molecule has 0 amide bonds. The Morgan fingerprint density at radius 1 is 1.14 bits per heavy atom. The van der Waals surface area contributed by atoms with E-state index in [9.17, 15) is 18.0 Å². The Balaban J connectivity index is 1.79. The average molecular weight is 411 g/mol.